The maximum atomic E-state index is 11.2. The average molecular weight is 339 g/mol. The van der Waals surface area contributed by atoms with E-state index in [-0.39, 0.29) is 5.91 Å². The summed E-state index contributed by atoms with van der Waals surface area (Å²) in [6.07, 6.45) is 4.37. The molecule has 3 rings (SSSR count). The van der Waals surface area contributed by atoms with Crippen molar-refractivity contribution in [2.75, 3.05) is 20.1 Å². The van der Waals surface area contributed by atoms with Crippen LogP contribution >= 0.6 is 0 Å². The summed E-state index contributed by atoms with van der Waals surface area (Å²) >= 11 is 0. The number of carbonyl (C=O) groups is 1. The Bertz CT molecular complexity index is 768. The standard InChI is InChI=1S/C19H25N5O/c1-21-19(24-10-4-5-14(13-24)11-18(20)25)23-12-17-16-7-3-2-6-15(16)8-9-22-17/h2-3,6-9,14H,4-5,10-13H2,1H3,(H2,20,25)(H,21,23). The quantitative estimate of drug-likeness (QED) is 0.658. The number of guanidine groups is 1. The number of amides is 1. The summed E-state index contributed by atoms with van der Waals surface area (Å²) in [6, 6.07) is 10.3. The molecule has 0 radical (unpaired) electrons. The first kappa shape index (κ1) is 17.2. The van der Waals surface area contributed by atoms with Crippen LogP contribution in [0.15, 0.2) is 41.5 Å². The molecule has 0 spiro atoms. The molecule has 3 N–H and O–H groups in total. The van der Waals surface area contributed by atoms with Crippen LogP contribution < -0.4 is 11.1 Å². The lowest BCUT2D eigenvalue weighted by Crippen LogP contribution is -2.47. The minimum Gasteiger partial charge on any atom is -0.370 e. The van der Waals surface area contributed by atoms with Gasteiger partial charge in [0.25, 0.3) is 0 Å². The van der Waals surface area contributed by atoms with Gasteiger partial charge in [-0.2, -0.15) is 0 Å². The van der Waals surface area contributed by atoms with E-state index in [1.807, 2.05) is 24.4 Å². The van der Waals surface area contributed by atoms with Crippen molar-refractivity contribution < 1.29 is 4.79 Å². The molecule has 25 heavy (non-hydrogen) atoms. The summed E-state index contributed by atoms with van der Waals surface area (Å²) in [4.78, 5) is 22.3. The lowest BCUT2D eigenvalue weighted by atomic mass is 9.95. The number of nitrogens with one attached hydrogen (secondary N) is 1. The summed E-state index contributed by atoms with van der Waals surface area (Å²) in [5.41, 5.74) is 6.36. The first-order valence-corrected chi connectivity index (χ1v) is 8.74. The number of fused-ring (bicyclic) bond motifs is 1. The number of pyridine rings is 1. The van der Waals surface area contributed by atoms with Crippen LogP contribution in [0, 0.1) is 5.92 Å². The smallest absolute Gasteiger partial charge is 0.217 e. The fourth-order valence-electron chi connectivity index (χ4n) is 3.53. The van der Waals surface area contributed by atoms with Crippen LogP contribution in [0.3, 0.4) is 0 Å². The van der Waals surface area contributed by atoms with E-state index < -0.39 is 0 Å². The molecule has 1 aromatic heterocycles. The molecule has 1 aromatic carbocycles. The van der Waals surface area contributed by atoms with Gasteiger partial charge in [0.05, 0.1) is 12.2 Å². The molecule has 0 saturated carbocycles. The Kier molecular flexibility index (Phi) is 5.48. The fraction of sp³-hybridized carbons (Fsp3) is 0.421. The molecule has 6 heteroatoms. The highest BCUT2D eigenvalue weighted by molar-refractivity contribution is 5.85. The van der Waals surface area contributed by atoms with Gasteiger partial charge in [-0.15, -0.1) is 0 Å². The molecule has 0 aliphatic carbocycles. The molecule has 1 atom stereocenters. The van der Waals surface area contributed by atoms with Crippen molar-refractivity contribution in [3.8, 4) is 0 Å². The zero-order chi connectivity index (χ0) is 17.6. The van der Waals surface area contributed by atoms with E-state index in [4.69, 9.17) is 5.73 Å². The van der Waals surface area contributed by atoms with Crippen LogP contribution in [0.4, 0.5) is 0 Å². The number of nitrogens with two attached hydrogens (primary N) is 1. The topological polar surface area (TPSA) is 83.6 Å². The van der Waals surface area contributed by atoms with Crippen LogP contribution in [-0.4, -0.2) is 41.9 Å². The van der Waals surface area contributed by atoms with Crippen molar-refractivity contribution in [2.45, 2.75) is 25.8 Å². The van der Waals surface area contributed by atoms with Crippen molar-refractivity contribution in [3.63, 3.8) is 0 Å². The van der Waals surface area contributed by atoms with E-state index in [0.29, 0.717) is 18.9 Å². The molecule has 2 aromatic rings. The van der Waals surface area contributed by atoms with E-state index in [0.717, 1.165) is 43.0 Å². The first-order valence-electron chi connectivity index (χ1n) is 8.74. The summed E-state index contributed by atoms with van der Waals surface area (Å²) in [7, 11) is 1.79. The first-order chi connectivity index (χ1) is 12.2. The molecule has 6 nitrogen and oxygen atoms in total. The van der Waals surface area contributed by atoms with Crippen molar-refractivity contribution in [3.05, 3.63) is 42.2 Å². The maximum absolute atomic E-state index is 11.2. The van der Waals surface area contributed by atoms with Crippen LogP contribution in [-0.2, 0) is 11.3 Å². The van der Waals surface area contributed by atoms with E-state index in [1.54, 1.807) is 7.05 Å². The molecule has 0 bridgehead atoms. The van der Waals surface area contributed by atoms with Crippen LogP contribution in [0.5, 0.6) is 0 Å². The molecule has 1 aliphatic heterocycles. The van der Waals surface area contributed by atoms with Gasteiger partial charge >= 0.3 is 0 Å². The second-order valence-corrected chi connectivity index (χ2v) is 6.50. The Labute approximate surface area is 148 Å². The van der Waals surface area contributed by atoms with Gasteiger partial charge in [0.15, 0.2) is 5.96 Å². The Balaban J connectivity index is 1.67. The van der Waals surface area contributed by atoms with Gasteiger partial charge in [-0.3, -0.25) is 14.8 Å². The third-order valence-electron chi connectivity index (χ3n) is 4.69. The van der Waals surface area contributed by atoms with Crippen LogP contribution in [0.2, 0.25) is 0 Å². The van der Waals surface area contributed by atoms with E-state index in [2.05, 4.69) is 32.3 Å². The number of likely N-dealkylation sites (tertiary alicyclic amines) is 1. The third kappa shape index (κ3) is 4.26. The number of carbonyl (C=O) groups excluding carboxylic acids is 1. The molecule has 1 fully saturated rings. The van der Waals surface area contributed by atoms with Gasteiger partial charge in [0.1, 0.15) is 0 Å². The number of rotatable bonds is 4. The van der Waals surface area contributed by atoms with E-state index in [1.165, 1.54) is 5.39 Å². The third-order valence-corrected chi connectivity index (χ3v) is 4.69. The number of piperidine rings is 1. The average Bonchev–Trinajstić information content (AvgIpc) is 2.62. The number of hydrogen-bond donors (Lipinski definition) is 2. The predicted octanol–water partition coefficient (Wildman–Crippen LogP) is 1.90. The van der Waals surface area contributed by atoms with Gasteiger partial charge in [-0.05, 0) is 30.2 Å². The highest BCUT2D eigenvalue weighted by Gasteiger charge is 2.23. The molecule has 2 heterocycles. The summed E-state index contributed by atoms with van der Waals surface area (Å²) < 4.78 is 0. The second kappa shape index (κ2) is 7.96. The zero-order valence-corrected chi connectivity index (χ0v) is 14.6. The number of nitrogens with zero attached hydrogens (tertiary/aromatic N) is 3. The minimum absolute atomic E-state index is 0.227. The zero-order valence-electron chi connectivity index (χ0n) is 14.6. The van der Waals surface area contributed by atoms with Crippen molar-refractivity contribution in [1.82, 2.24) is 15.2 Å². The van der Waals surface area contributed by atoms with Crippen molar-refractivity contribution in [2.24, 2.45) is 16.6 Å². The van der Waals surface area contributed by atoms with Gasteiger partial charge in [-0.1, -0.05) is 24.3 Å². The number of hydrogen-bond acceptors (Lipinski definition) is 3. The van der Waals surface area contributed by atoms with Crippen molar-refractivity contribution in [1.29, 1.82) is 0 Å². The summed E-state index contributed by atoms with van der Waals surface area (Å²) in [5, 5.41) is 5.75. The van der Waals surface area contributed by atoms with Gasteiger partial charge in [-0.25, -0.2) is 0 Å². The van der Waals surface area contributed by atoms with Crippen molar-refractivity contribution >= 4 is 22.6 Å². The molecular formula is C19H25N5O. The Hall–Kier alpha value is -2.63. The lowest BCUT2D eigenvalue weighted by molar-refractivity contribution is -0.119. The Morgan fingerprint density at radius 3 is 3.04 bits per heavy atom. The Morgan fingerprint density at radius 1 is 1.40 bits per heavy atom. The number of primary amides is 1. The van der Waals surface area contributed by atoms with Crippen LogP contribution in [0.25, 0.3) is 10.8 Å². The SMILES string of the molecule is CN=C(NCc1nccc2ccccc12)N1CCCC(CC(N)=O)C1. The largest absolute Gasteiger partial charge is 0.370 e. The fourth-order valence-corrected chi connectivity index (χ4v) is 3.53. The maximum Gasteiger partial charge on any atom is 0.217 e. The van der Waals surface area contributed by atoms with E-state index in [9.17, 15) is 4.79 Å². The second-order valence-electron chi connectivity index (χ2n) is 6.50. The van der Waals surface area contributed by atoms with Crippen LogP contribution in [0.1, 0.15) is 25.0 Å². The van der Waals surface area contributed by atoms with Gasteiger partial charge < -0.3 is 16.0 Å². The molecule has 132 valence electrons. The predicted molar refractivity (Wildman–Crippen MR) is 100 cm³/mol. The highest BCUT2D eigenvalue weighted by Crippen LogP contribution is 2.20. The minimum atomic E-state index is -0.227. The number of aliphatic imine (C=N–C) groups is 1. The van der Waals surface area contributed by atoms with Gasteiger partial charge in [0.2, 0.25) is 5.91 Å². The number of aromatic nitrogens is 1. The normalized spacial score (nSPS) is 18.4. The summed E-state index contributed by atoms with van der Waals surface area (Å²) in [6.45, 7) is 2.37. The number of benzene rings is 1. The monoisotopic (exact) mass is 339 g/mol. The van der Waals surface area contributed by atoms with E-state index >= 15 is 0 Å². The molecule has 1 aliphatic rings. The summed E-state index contributed by atoms with van der Waals surface area (Å²) in [5.74, 6) is 0.930. The lowest BCUT2D eigenvalue weighted by Gasteiger charge is -2.34. The van der Waals surface area contributed by atoms with Gasteiger partial charge in [0, 0.05) is 38.1 Å². The Morgan fingerprint density at radius 2 is 2.24 bits per heavy atom. The molecular weight excluding hydrogens is 314 g/mol. The molecule has 1 saturated heterocycles. The molecule has 1 amide bonds. The highest BCUT2D eigenvalue weighted by atomic mass is 16.1. The molecule has 1 unspecified atom stereocenters.